The van der Waals surface area contributed by atoms with Crippen molar-refractivity contribution >= 4 is 33.1 Å². The predicted molar refractivity (Wildman–Crippen MR) is 124 cm³/mol. The summed E-state index contributed by atoms with van der Waals surface area (Å²) in [7, 11) is -1.19. The quantitative estimate of drug-likeness (QED) is 0.366. The molecule has 1 atom stereocenters. The Morgan fingerprint density at radius 1 is 1.17 bits per heavy atom. The van der Waals surface area contributed by atoms with Gasteiger partial charge in [0.15, 0.2) is 5.13 Å². The lowest BCUT2D eigenvalue weighted by Crippen LogP contribution is -2.05. The molecular weight excluding hydrogens is 398 g/mol. The highest BCUT2D eigenvalue weighted by molar-refractivity contribution is 7.85. The summed E-state index contributed by atoms with van der Waals surface area (Å²) < 4.78 is 12.8. The predicted octanol–water partition coefficient (Wildman–Crippen LogP) is 6.15. The Bertz CT molecular complexity index is 1020. The maximum atomic E-state index is 12.8. The third kappa shape index (κ3) is 5.49. The van der Waals surface area contributed by atoms with E-state index in [1.165, 1.54) is 11.1 Å². The van der Waals surface area contributed by atoms with Crippen molar-refractivity contribution in [1.82, 2.24) is 4.98 Å². The van der Waals surface area contributed by atoms with Gasteiger partial charge in [0.05, 0.1) is 16.5 Å². The molecule has 1 unspecified atom stereocenters. The summed E-state index contributed by atoms with van der Waals surface area (Å²) in [5.74, 6) is 1.28. The summed E-state index contributed by atoms with van der Waals surface area (Å²) in [6.07, 6.45) is 2.46. The van der Waals surface area contributed by atoms with Crippen LogP contribution in [0.5, 0.6) is 0 Å². The largest absolute Gasteiger partial charge is 0.320 e. The normalized spacial score (nSPS) is 12.8. The number of aliphatic imine (C=N–C) groups is 1. The third-order valence-electron chi connectivity index (χ3n) is 4.16. The highest BCUT2D eigenvalue weighted by Gasteiger charge is 2.16. The van der Waals surface area contributed by atoms with Crippen molar-refractivity contribution in [1.29, 1.82) is 0 Å². The summed E-state index contributed by atoms with van der Waals surface area (Å²) in [4.78, 5) is 11.8. The van der Waals surface area contributed by atoms with Crippen LogP contribution in [0.1, 0.15) is 25.6 Å². The van der Waals surface area contributed by atoms with Crippen LogP contribution >= 0.6 is 11.3 Å². The van der Waals surface area contributed by atoms with Crippen molar-refractivity contribution in [2.75, 3.05) is 5.32 Å². The van der Waals surface area contributed by atoms with E-state index in [4.69, 9.17) is 4.98 Å². The van der Waals surface area contributed by atoms with Gasteiger partial charge in [0.1, 0.15) is 5.84 Å². The van der Waals surface area contributed by atoms with Gasteiger partial charge in [-0.1, -0.05) is 50.8 Å². The molecule has 1 heterocycles. The van der Waals surface area contributed by atoms with Crippen LogP contribution in [0.25, 0.3) is 11.3 Å². The molecule has 0 spiro atoms. The Morgan fingerprint density at radius 2 is 1.83 bits per heavy atom. The summed E-state index contributed by atoms with van der Waals surface area (Å²) in [6.45, 7) is 9.92. The highest BCUT2D eigenvalue weighted by Crippen LogP contribution is 2.33. The first-order valence-corrected chi connectivity index (χ1v) is 11.4. The standard InChI is InChI=1S/C23H25N3OS2/c1-5-24-17(4)25-23-26-22(21(28-23)15-16(2)3)18-11-13-20(14-12-18)29(27)19-9-7-6-8-10-19/h5-14,16H,1,15H2,2-4H3,(H,24,25,26). The molecule has 0 saturated carbocycles. The van der Waals surface area contributed by atoms with Crippen LogP contribution in [0, 0.1) is 5.92 Å². The molecule has 0 bridgehead atoms. The van der Waals surface area contributed by atoms with Gasteiger partial charge >= 0.3 is 0 Å². The zero-order chi connectivity index (χ0) is 20.8. The van der Waals surface area contributed by atoms with Gasteiger partial charge in [-0.2, -0.15) is 0 Å². The summed E-state index contributed by atoms with van der Waals surface area (Å²) in [5, 5.41) is 4.05. The fraction of sp³-hybridized carbons (Fsp3) is 0.217. The van der Waals surface area contributed by atoms with Crippen molar-refractivity contribution in [3.8, 4) is 11.3 Å². The molecule has 0 radical (unpaired) electrons. The summed E-state index contributed by atoms with van der Waals surface area (Å²) in [6, 6.07) is 17.4. The lowest BCUT2D eigenvalue weighted by molar-refractivity contribution is 0.654. The molecule has 150 valence electrons. The van der Waals surface area contributed by atoms with Gasteiger partial charge in [-0.05, 0) is 43.5 Å². The monoisotopic (exact) mass is 423 g/mol. The molecule has 1 N–H and O–H groups in total. The first-order chi connectivity index (χ1) is 14.0. The number of hydrogen-bond donors (Lipinski definition) is 1. The minimum absolute atomic E-state index is 0.523. The minimum atomic E-state index is -1.19. The van der Waals surface area contributed by atoms with E-state index < -0.39 is 10.8 Å². The number of rotatable bonds is 7. The first-order valence-electron chi connectivity index (χ1n) is 9.47. The second kappa shape index (κ2) is 9.76. The molecule has 3 rings (SSSR count). The van der Waals surface area contributed by atoms with E-state index in [1.807, 2.05) is 61.5 Å². The van der Waals surface area contributed by atoms with Crippen LogP contribution in [0.4, 0.5) is 5.13 Å². The number of aromatic nitrogens is 1. The van der Waals surface area contributed by atoms with E-state index in [-0.39, 0.29) is 0 Å². The molecule has 2 aromatic carbocycles. The zero-order valence-electron chi connectivity index (χ0n) is 16.9. The zero-order valence-corrected chi connectivity index (χ0v) is 18.5. The molecule has 0 saturated heterocycles. The van der Waals surface area contributed by atoms with Crippen molar-refractivity contribution in [3.63, 3.8) is 0 Å². The molecule has 1 aromatic heterocycles. The van der Waals surface area contributed by atoms with Crippen LogP contribution < -0.4 is 5.32 Å². The Hall–Kier alpha value is -2.57. The van der Waals surface area contributed by atoms with Gasteiger partial charge in [-0.15, -0.1) is 11.3 Å². The van der Waals surface area contributed by atoms with E-state index in [1.54, 1.807) is 11.3 Å². The maximum Gasteiger partial charge on any atom is 0.188 e. The third-order valence-corrected chi connectivity index (χ3v) is 6.56. The number of benzene rings is 2. The molecule has 3 aromatic rings. The Balaban J connectivity index is 1.90. The van der Waals surface area contributed by atoms with Crippen molar-refractivity contribution in [2.24, 2.45) is 10.9 Å². The smallest absolute Gasteiger partial charge is 0.188 e. The van der Waals surface area contributed by atoms with Crippen LogP contribution in [0.15, 0.2) is 82.2 Å². The van der Waals surface area contributed by atoms with Crippen LogP contribution in [-0.2, 0) is 17.2 Å². The topological polar surface area (TPSA) is 54.4 Å². The fourth-order valence-electron chi connectivity index (χ4n) is 2.88. The van der Waals surface area contributed by atoms with E-state index >= 15 is 0 Å². The Kier molecular flexibility index (Phi) is 7.12. The van der Waals surface area contributed by atoms with Gasteiger partial charge in [0.25, 0.3) is 0 Å². The minimum Gasteiger partial charge on any atom is -0.320 e. The first kappa shape index (κ1) is 21.1. The second-order valence-electron chi connectivity index (χ2n) is 7.02. The van der Waals surface area contributed by atoms with Crippen LogP contribution in [-0.4, -0.2) is 15.0 Å². The highest BCUT2D eigenvalue weighted by atomic mass is 32.2. The molecule has 0 fully saturated rings. The number of nitrogens with one attached hydrogen (secondary N) is 1. The lowest BCUT2D eigenvalue weighted by atomic mass is 10.1. The van der Waals surface area contributed by atoms with Gasteiger partial charge < -0.3 is 5.32 Å². The average molecular weight is 424 g/mol. The van der Waals surface area contributed by atoms with E-state index in [2.05, 4.69) is 30.7 Å². The van der Waals surface area contributed by atoms with E-state index in [0.29, 0.717) is 5.92 Å². The number of hydrogen-bond acceptors (Lipinski definition) is 4. The van der Waals surface area contributed by atoms with Gasteiger partial charge in [-0.3, -0.25) is 0 Å². The van der Waals surface area contributed by atoms with Crippen LogP contribution in [0.2, 0.25) is 0 Å². The van der Waals surface area contributed by atoms with Crippen LogP contribution in [0.3, 0.4) is 0 Å². The lowest BCUT2D eigenvalue weighted by Gasteiger charge is -2.06. The van der Waals surface area contributed by atoms with Crippen molar-refractivity contribution < 1.29 is 4.21 Å². The van der Waals surface area contributed by atoms with Gasteiger partial charge in [0, 0.05) is 26.4 Å². The SMILES string of the molecule is C=CN=C(C)Nc1nc(-c2ccc(S(=O)c3ccccc3)cc2)c(CC(C)C)s1. The van der Waals surface area contributed by atoms with E-state index in [9.17, 15) is 4.21 Å². The molecule has 0 aliphatic carbocycles. The Morgan fingerprint density at radius 3 is 2.45 bits per heavy atom. The molecule has 0 aliphatic heterocycles. The molecular formula is C23H25N3OS2. The average Bonchev–Trinajstić information content (AvgIpc) is 3.09. The fourth-order valence-corrected chi connectivity index (χ4v) is 5.19. The summed E-state index contributed by atoms with van der Waals surface area (Å²) in [5.41, 5.74) is 1.99. The number of anilines is 1. The molecule has 6 heteroatoms. The maximum absolute atomic E-state index is 12.8. The molecule has 0 amide bonds. The van der Waals surface area contributed by atoms with E-state index in [0.717, 1.165) is 38.4 Å². The van der Waals surface area contributed by atoms with Crippen molar-refractivity contribution in [2.45, 2.75) is 37.0 Å². The van der Waals surface area contributed by atoms with Gasteiger partial charge in [0.2, 0.25) is 0 Å². The van der Waals surface area contributed by atoms with Gasteiger partial charge in [-0.25, -0.2) is 14.2 Å². The number of amidine groups is 1. The van der Waals surface area contributed by atoms with Crippen molar-refractivity contribution in [3.05, 3.63) is 72.3 Å². The number of thiazole rings is 1. The molecule has 4 nitrogen and oxygen atoms in total. The molecule has 0 aliphatic rings. The second-order valence-corrected chi connectivity index (χ2v) is 9.58. The Labute approximate surface area is 178 Å². The number of nitrogens with zero attached hydrogens (tertiary/aromatic N) is 2. The summed E-state index contributed by atoms with van der Waals surface area (Å²) >= 11 is 1.65. The molecule has 29 heavy (non-hydrogen) atoms.